The van der Waals surface area contributed by atoms with Crippen molar-refractivity contribution in [3.8, 4) is 17.3 Å². The number of hydrogen-bond acceptors (Lipinski definition) is 8. The summed E-state index contributed by atoms with van der Waals surface area (Å²) < 4.78 is 15.4. The molecule has 0 bridgehead atoms. The summed E-state index contributed by atoms with van der Waals surface area (Å²) in [5, 5.41) is 8.39. The lowest BCUT2D eigenvalue weighted by molar-refractivity contribution is 0.0769. The van der Waals surface area contributed by atoms with Crippen LogP contribution in [0, 0.1) is 6.92 Å². The number of imidazole rings is 1. The molecule has 0 aromatic carbocycles. The summed E-state index contributed by atoms with van der Waals surface area (Å²) >= 11 is 0. The smallest absolute Gasteiger partial charge is 0.259 e. The van der Waals surface area contributed by atoms with Crippen molar-refractivity contribution in [1.29, 1.82) is 0 Å². The molecule has 4 aromatic heterocycles. The molecule has 6 rings (SSSR count). The zero-order chi connectivity index (χ0) is 23.4. The molecule has 1 saturated carbocycles. The van der Waals surface area contributed by atoms with Gasteiger partial charge in [0.2, 0.25) is 5.88 Å². The van der Waals surface area contributed by atoms with Crippen LogP contribution in [0.2, 0.25) is 0 Å². The average Bonchev–Trinajstić information content (AvgIpc) is 3.19. The monoisotopic (exact) mass is 462 g/mol. The van der Waals surface area contributed by atoms with Gasteiger partial charge in [0, 0.05) is 38.7 Å². The van der Waals surface area contributed by atoms with Crippen LogP contribution < -0.4 is 4.74 Å². The lowest BCUT2D eigenvalue weighted by atomic mass is 10.2. The Kier molecular flexibility index (Phi) is 4.85. The van der Waals surface area contributed by atoms with Gasteiger partial charge in [-0.1, -0.05) is 5.16 Å². The van der Waals surface area contributed by atoms with Crippen molar-refractivity contribution in [2.45, 2.75) is 51.7 Å². The van der Waals surface area contributed by atoms with E-state index >= 15 is 0 Å². The molecule has 2 fully saturated rings. The number of likely N-dealkylation sites (tertiary alicyclic amines) is 1. The van der Waals surface area contributed by atoms with E-state index in [1.54, 1.807) is 4.90 Å². The number of hydrogen-bond donors (Lipinski definition) is 0. The zero-order valence-electron chi connectivity index (χ0n) is 19.4. The van der Waals surface area contributed by atoms with Crippen LogP contribution in [0.5, 0.6) is 5.88 Å². The van der Waals surface area contributed by atoms with Crippen molar-refractivity contribution in [1.82, 2.24) is 39.4 Å². The third-order valence-electron chi connectivity index (χ3n) is 6.62. The van der Waals surface area contributed by atoms with Crippen LogP contribution in [0.4, 0.5) is 0 Å². The number of carbonyl (C=O) groups excluding carboxylic acids is 1. The van der Waals surface area contributed by atoms with Gasteiger partial charge in [0.1, 0.15) is 23.8 Å². The van der Waals surface area contributed by atoms with Crippen LogP contribution in [-0.2, 0) is 13.6 Å². The van der Waals surface area contributed by atoms with Crippen molar-refractivity contribution >= 4 is 17.1 Å². The summed E-state index contributed by atoms with van der Waals surface area (Å²) in [6.45, 7) is 5.89. The van der Waals surface area contributed by atoms with Gasteiger partial charge in [-0.25, -0.2) is 9.97 Å². The molecular weight excluding hydrogens is 436 g/mol. The molecular formula is C23H26N8O3. The molecule has 0 spiro atoms. The Morgan fingerprint density at radius 1 is 1.26 bits per heavy atom. The van der Waals surface area contributed by atoms with E-state index < -0.39 is 0 Å². The molecule has 5 heterocycles. The highest BCUT2D eigenvalue weighted by Gasteiger charge is 2.36. The predicted octanol–water partition coefficient (Wildman–Crippen LogP) is 2.71. The summed E-state index contributed by atoms with van der Waals surface area (Å²) in [4.78, 5) is 28.5. The Morgan fingerprint density at radius 3 is 2.88 bits per heavy atom. The van der Waals surface area contributed by atoms with Gasteiger partial charge in [-0.3, -0.25) is 9.48 Å². The number of fused-ring (bicyclic) bond motifs is 1. The summed E-state index contributed by atoms with van der Waals surface area (Å²) in [7, 11) is 1.93. The second-order valence-corrected chi connectivity index (χ2v) is 8.99. The first-order valence-electron chi connectivity index (χ1n) is 11.7. The Labute approximate surface area is 195 Å². The van der Waals surface area contributed by atoms with E-state index in [4.69, 9.17) is 14.2 Å². The number of amides is 1. The van der Waals surface area contributed by atoms with Gasteiger partial charge in [-0.05, 0) is 26.7 Å². The SMILES string of the molecule is CCn1cc(-c2nc3c(OC4CCN(C(=O)c5cnoc5C5CC5)C4)ncnc3n2C)c(C)n1. The van der Waals surface area contributed by atoms with Crippen LogP contribution in [0.15, 0.2) is 23.2 Å². The minimum atomic E-state index is -0.179. The van der Waals surface area contributed by atoms with Crippen molar-refractivity contribution in [2.24, 2.45) is 7.05 Å². The lowest BCUT2D eigenvalue weighted by Crippen LogP contribution is -2.31. The molecule has 176 valence electrons. The molecule has 1 unspecified atom stereocenters. The number of nitrogens with zero attached hydrogens (tertiary/aromatic N) is 8. The van der Waals surface area contributed by atoms with E-state index in [0.29, 0.717) is 48.0 Å². The number of aryl methyl sites for hydroxylation is 3. The molecule has 1 aliphatic carbocycles. The van der Waals surface area contributed by atoms with Crippen LogP contribution in [0.1, 0.15) is 53.9 Å². The average molecular weight is 463 g/mol. The van der Waals surface area contributed by atoms with Crippen LogP contribution in [0.25, 0.3) is 22.6 Å². The molecule has 1 saturated heterocycles. The molecule has 34 heavy (non-hydrogen) atoms. The molecule has 0 N–H and O–H groups in total. The molecule has 1 amide bonds. The summed E-state index contributed by atoms with van der Waals surface area (Å²) in [6, 6.07) is 0. The summed E-state index contributed by atoms with van der Waals surface area (Å²) in [5.41, 5.74) is 3.72. The first-order chi connectivity index (χ1) is 16.5. The van der Waals surface area contributed by atoms with E-state index in [0.717, 1.165) is 42.2 Å². The fourth-order valence-corrected chi connectivity index (χ4v) is 4.59. The number of aromatic nitrogens is 7. The van der Waals surface area contributed by atoms with E-state index in [-0.39, 0.29) is 12.0 Å². The van der Waals surface area contributed by atoms with E-state index in [2.05, 4.69) is 20.2 Å². The normalized spacial score (nSPS) is 18.2. The van der Waals surface area contributed by atoms with Crippen LogP contribution >= 0.6 is 0 Å². The molecule has 2 aliphatic rings. The Bertz CT molecular complexity index is 1380. The van der Waals surface area contributed by atoms with Crippen molar-refractivity contribution in [3.63, 3.8) is 0 Å². The van der Waals surface area contributed by atoms with Gasteiger partial charge in [0.15, 0.2) is 16.9 Å². The third kappa shape index (κ3) is 3.42. The molecule has 4 aromatic rings. The Balaban J connectivity index is 1.23. The maximum absolute atomic E-state index is 13.1. The minimum absolute atomic E-state index is 0.0504. The van der Waals surface area contributed by atoms with E-state index in [1.807, 2.05) is 36.3 Å². The second kappa shape index (κ2) is 7.93. The first-order valence-corrected chi connectivity index (χ1v) is 11.7. The summed E-state index contributed by atoms with van der Waals surface area (Å²) in [5.74, 6) is 2.19. The Morgan fingerprint density at radius 2 is 2.12 bits per heavy atom. The number of ether oxygens (including phenoxy) is 1. The summed E-state index contributed by atoms with van der Waals surface area (Å²) in [6.07, 6.45) is 7.65. The van der Waals surface area contributed by atoms with Crippen LogP contribution in [0.3, 0.4) is 0 Å². The molecule has 1 aliphatic heterocycles. The maximum atomic E-state index is 13.1. The highest BCUT2D eigenvalue weighted by molar-refractivity contribution is 5.95. The Hall–Kier alpha value is -3.76. The minimum Gasteiger partial charge on any atom is -0.471 e. The van der Waals surface area contributed by atoms with Gasteiger partial charge < -0.3 is 18.7 Å². The van der Waals surface area contributed by atoms with Crippen molar-refractivity contribution in [2.75, 3.05) is 13.1 Å². The van der Waals surface area contributed by atoms with Crippen LogP contribution in [-0.4, -0.2) is 64.5 Å². The lowest BCUT2D eigenvalue weighted by Gasteiger charge is -2.16. The number of rotatable bonds is 6. The van der Waals surface area contributed by atoms with Gasteiger partial charge in [0.25, 0.3) is 5.91 Å². The van der Waals surface area contributed by atoms with Gasteiger partial charge >= 0.3 is 0 Å². The topological polar surface area (TPSA) is 117 Å². The van der Waals surface area contributed by atoms with Gasteiger partial charge in [-0.2, -0.15) is 10.1 Å². The first kappa shape index (κ1) is 20.8. The highest BCUT2D eigenvalue weighted by atomic mass is 16.5. The number of carbonyl (C=O) groups is 1. The quantitative estimate of drug-likeness (QED) is 0.429. The fraction of sp³-hybridized carbons (Fsp3) is 0.478. The standard InChI is InChI=1S/C23H26N8O3/c1-4-31-11-17(13(2)28-31)20-27-18-21(29(20)3)24-12-25-22(18)33-15-7-8-30(10-15)23(32)16-9-26-34-19(16)14-5-6-14/h9,11-12,14-15H,4-8,10H2,1-3H3. The maximum Gasteiger partial charge on any atom is 0.259 e. The largest absolute Gasteiger partial charge is 0.471 e. The van der Waals surface area contributed by atoms with Crippen molar-refractivity contribution in [3.05, 3.63) is 35.7 Å². The van der Waals surface area contributed by atoms with E-state index in [9.17, 15) is 4.79 Å². The van der Waals surface area contributed by atoms with Gasteiger partial charge in [-0.15, -0.1) is 0 Å². The van der Waals surface area contributed by atoms with Gasteiger partial charge in [0.05, 0.1) is 24.0 Å². The van der Waals surface area contributed by atoms with E-state index in [1.165, 1.54) is 12.5 Å². The third-order valence-corrected chi connectivity index (χ3v) is 6.62. The fourth-order valence-electron chi connectivity index (χ4n) is 4.59. The molecule has 11 nitrogen and oxygen atoms in total. The molecule has 1 atom stereocenters. The molecule has 11 heteroatoms. The second-order valence-electron chi connectivity index (χ2n) is 8.99. The predicted molar refractivity (Wildman–Crippen MR) is 121 cm³/mol. The zero-order valence-corrected chi connectivity index (χ0v) is 19.4. The molecule has 0 radical (unpaired) electrons. The highest BCUT2D eigenvalue weighted by Crippen LogP contribution is 2.42. The van der Waals surface area contributed by atoms with Crippen molar-refractivity contribution < 1.29 is 14.1 Å².